The van der Waals surface area contributed by atoms with Gasteiger partial charge in [-0.2, -0.15) is 11.8 Å². The Bertz CT molecular complexity index is 393. The van der Waals surface area contributed by atoms with E-state index in [1.807, 2.05) is 24.0 Å². The largest absolute Gasteiger partial charge is 0.357 e. The van der Waals surface area contributed by atoms with E-state index in [1.54, 1.807) is 0 Å². The van der Waals surface area contributed by atoms with E-state index in [2.05, 4.69) is 41.5 Å². The Morgan fingerprint density at radius 2 is 2.32 bits per heavy atom. The Morgan fingerprint density at radius 3 is 3.00 bits per heavy atom. The first kappa shape index (κ1) is 14.7. The number of aromatic nitrogens is 1. The molecule has 1 unspecified atom stereocenters. The quantitative estimate of drug-likeness (QED) is 0.792. The zero-order chi connectivity index (χ0) is 13.7. The zero-order valence-electron chi connectivity index (χ0n) is 12.2. The Kier molecular flexibility index (Phi) is 5.52. The number of anilines is 1. The highest BCUT2D eigenvalue weighted by Crippen LogP contribution is 2.23. The van der Waals surface area contributed by atoms with E-state index in [4.69, 9.17) is 0 Å². The number of rotatable bonds is 8. The van der Waals surface area contributed by atoms with Crippen LogP contribution in [-0.2, 0) is 6.54 Å². The van der Waals surface area contributed by atoms with Crippen molar-refractivity contribution < 1.29 is 0 Å². The van der Waals surface area contributed by atoms with Crippen molar-refractivity contribution in [1.29, 1.82) is 0 Å². The molecule has 19 heavy (non-hydrogen) atoms. The first-order valence-electron chi connectivity index (χ1n) is 7.11. The van der Waals surface area contributed by atoms with E-state index in [-0.39, 0.29) is 0 Å². The maximum atomic E-state index is 4.59. The summed E-state index contributed by atoms with van der Waals surface area (Å²) in [5.74, 6) is 2.33. The summed E-state index contributed by atoms with van der Waals surface area (Å²) in [5, 5.41) is 3.58. The molecule has 2 rings (SSSR count). The Labute approximate surface area is 121 Å². The van der Waals surface area contributed by atoms with Crippen LogP contribution in [-0.4, -0.2) is 36.1 Å². The first-order chi connectivity index (χ1) is 9.22. The van der Waals surface area contributed by atoms with Gasteiger partial charge in [-0.15, -0.1) is 0 Å². The van der Waals surface area contributed by atoms with Crippen molar-refractivity contribution in [1.82, 2.24) is 10.3 Å². The molecule has 1 N–H and O–H groups in total. The predicted molar refractivity (Wildman–Crippen MR) is 85.0 cm³/mol. The van der Waals surface area contributed by atoms with Crippen LogP contribution >= 0.6 is 11.8 Å². The van der Waals surface area contributed by atoms with Gasteiger partial charge in [-0.1, -0.05) is 6.07 Å². The number of hydrogen-bond acceptors (Lipinski definition) is 4. The lowest BCUT2D eigenvalue weighted by Gasteiger charge is -2.27. The van der Waals surface area contributed by atoms with Gasteiger partial charge in [0, 0.05) is 37.4 Å². The summed E-state index contributed by atoms with van der Waals surface area (Å²) < 4.78 is 0. The fraction of sp³-hybridized carbons (Fsp3) is 0.667. The molecule has 0 aliphatic heterocycles. The van der Waals surface area contributed by atoms with Crippen LogP contribution in [0.2, 0.25) is 0 Å². The highest BCUT2D eigenvalue weighted by molar-refractivity contribution is 7.98. The van der Waals surface area contributed by atoms with E-state index >= 15 is 0 Å². The average Bonchev–Trinajstić information content (AvgIpc) is 3.26. The second kappa shape index (κ2) is 7.15. The number of hydrogen-bond donors (Lipinski definition) is 1. The SMILES string of the molecule is CSCCC(C)N(C)c1ncccc1CNC1CC1. The van der Waals surface area contributed by atoms with Crippen LogP contribution in [0.15, 0.2) is 18.3 Å². The smallest absolute Gasteiger partial charge is 0.132 e. The minimum atomic E-state index is 0.530. The molecule has 3 nitrogen and oxygen atoms in total. The highest BCUT2D eigenvalue weighted by atomic mass is 32.2. The molecule has 1 aromatic heterocycles. The molecule has 1 atom stereocenters. The zero-order valence-corrected chi connectivity index (χ0v) is 13.0. The summed E-state index contributed by atoms with van der Waals surface area (Å²) in [4.78, 5) is 6.90. The maximum Gasteiger partial charge on any atom is 0.132 e. The van der Waals surface area contributed by atoms with Gasteiger partial charge in [-0.25, -0.2) is 4.98 Å². The molecule has 4 heteroatoms. The standard InChI is InChI=1S/C15H25N3S/c1-12(8-10-19-3)18(2)15-13(5-4-9-16-15)11-17-14-6-7-14/h4-5,9,12,14,17H,6-8,10-11H2,1-3H3. The molecule has 0 bridgehead atoms. The van der Waals surface area contributed by atoms with Crippen LogP contribution in [0, 0.1) is 0 Å². The van der Waals surface area contributed by atoms with Gasteiger partial charge >= 0.3 is 0 Å². The van der Waals surface area contributed by atoms with Crippen molar-refractivity contribution in [2.45, 2.75) is 44.8 Å². The maximum absolute atomic E-state index is 4.59. The van der Waals surface area contributed by atoms with E-state index in [0.29, 0.717) is 6.04 Å². The minimum absolute atomic E-state index is 0.530. The third-order valence-corrected chi connectivity index (χ3v) is 4.40. The molecule has 1 heterocycles. The summed E-state index contributed by atoms with van der Waals surface area (Å²) in [5.41, 5.74) is 1.31. The van der Waals surface area contributed by atoms with Gasteiger partial charge in [0.15, 0.2) is 0 Å². The molecule has 1 aliphatic carbocycles. The van der Waals surface area contributed by atoms with Crippen LogP contribution < -0.4 is 10.2 Å². The molecule has 1 aromatic rings. The van der Waals surface area contributed by atoms with E-state index < -0.39 is 0 Å². The molecule has 1 saturated carbocycles. The summed E-state index contributed by atoms with van der Waals surface area (Å²) in [6.07, 6.45) is 7.92. The van der Waals surface area contributed by atoms with Gasteiger partial charge in [-0.3, -0.25) is 0 Å². The normalized spacial score (nSPS) is 16.4. The van der Waals surface area contributed by atoms with E-state index in [0.717, 1.165) is 18.4 Å². The summed E-state index contributed by atoms with van der Waals surface area (Å²) in [6.45, 7) is 3.22. The summed E-state index contributed by atoms with van der Waals surface area (Å²) in [6, 6.07) is 5.50. The molecular formula is C15H25N3S. The van der Waals surface area contributed by atoms with Crippen molar-refractivity contribution in [3.8, 4) is 0 Å². The van der Waals surface area contributed by atoms with Gasteiger partial charge in [0.05, 0.1) is 0 Å². The first-order valence-corrected chi connectivity index (χ1v) is 8.50. The summed E-state index contributed by atoms with van der Waals surface area (Å²) in [7, 11) is 2.16. The second-order valence-electron chi connectivity index (χ2n) is 5.38. The third kappa shape index (κ3) is 4.39. The van der Waals surface area contributed by atoms with Gasteiger partial charge in [0.2, 0.25) is 0 Å². The van der Waals surface area contributed by atoms with Crippen molar-refractivity contribution in [2.24, 2.45) is 0 Å². The molecule has 0 saturated heterocycles. The molecule has 1 aliphatic rings. The van der Waals surface area contributed by atoms with Crippen LogP contribution in [0.5, 0.6) is 0 Å². The van der Waals surface area contributed by atoms with E-state index in [1.165, 1.54) is 30.6 Å². The van der Waals surface area contributed by atoms with Crippen LogP contribution in [0.25, 0.3) is 0 Å². The monoisotopic (exact) mass is 279 g/mol. The van der Waals surface area contributed by atoms with Crippen molar-refractivity contribution in [2.75, 3.05) is 24.0 Å². The Hall–Kier alpha value is -0.740. The lowest BCUT2D eigenvalue weighted by molar-refractivity contribution is 0.645. The topological polar surface area (TPSA) is 28.2 Å². The molecule has 0 aromatic carbocycles. The molecule has 106 valence electrons. The Balaban J connectivity index is 1.99. The van der Waals surface area contributed by atoms with Gasteiger partial charge in [0.25, 0.3) is 0 Å². The molecule has 0 radical (unpaired) electrons. The second-order valence-corrected chi connectivity index (χ2v) is 6.37. The van der Waals surface area contributed by atoms with Crippen molar-refractivity contribution in [3.63, 3.8) is 0 Å². The van der Waals surface area contributed by atoms with E-state index in [9.17, 15) is 0 Å². The lowest BCUT2D eigenvalue weighted by Crippen LogP contribution is -2.31. The number of nitrogens with zero attached hydrogens (tertiary/aromatic N) is 2. The van der Waals surface area contributed by atoms with Crippen molar-refractivity contribution >= 4 is 17.6 Å². The molecule has 0 amide bonds. The highest BCUT2D eigenvalue weighted by Gasteiger charge is 2.21. The Morgan fingerprint density at radius 1 is 1.53 bits per heavy atom. The van der Waals surface area contributed by atoms with Crippen LogP contribution in [0.3, 0.4) is 0 Å². The lowest BCUT2D eigenvalue weighted by atomic mass is 10.2. The van der Waals surface area contributed by atoms with Crippen molar-refractivity contribution in [3.05, 3.63) is 23.9 Å². The number of pyridine rings is 1. The van der Waals surface area contributed by atoms with Crippen LogP contribution in [0.4, 0.5) is 5.82 Å². The average molecular weight is 279 g/mol. The van der Waals surface area contributed by atoms with Gasteiger partial charge < -0.3 is 10.2 Å². The number of nitrogens with one attached hydrogen (secondary N) is 1. The fourth-order valence-corrected chi connectivity index (χ4v) is 2.70. The molecule has 0 spiro atoms. The summed E-state index contributed by atoms with van der Waals surface area (Å²) >= 11 is 1.91. The van der Waals surface area contributed by atoms with Gasteiger partial charge in [-0.05, 0) is 44.3 Å². The number of thioether (sulfide) groups is 1. The fourth-order valence-electron chi connectivity index (χ4n) is 2.12. The third-order valence-electron chi connectivity index (χ3n) is 3.76. The molecule has 1 fully saturated rings. The van der Waals surface area contributed by atoms with Gasteiger partial charge in [0.1, 0.15) is 5.82 Å². The van der Waals surface area contributed by atoms with Crippen LogP contribution in [0.1, 0.15) is 31.7 Å². The molecular weight excluding hydrogens is 254 g/mol. The minimum Gasteiger partial charge on any atom is -0.357 e. The predicted octanol–water partition coefficient (Wildman–Crippen LogP) is 2.91.